The van der Waals surface area contributed by atoms with Crippen LogP contribution in [0.25, 0.3) is 11.3 Å². The average molecular weight is 357 g/mol. The molecule has 0 bridgehead atoms. The third-order valence-corrected chi connectivity index (χ3v) is 5.88. The topological polar surface area (TPSA) is 122 Å². The first kappa shape index (κ1) is 18.0. The highest BCUT2D eigenvalue weighted by molar-refractivity contribution is 7.92. The molecule has 2 rings (SSSR count). The number of amides is 1. The fraction of sp³-hybridized carbons (Fsp3) is 0.357. The summed E-state index contributed by atoms with van der Waals surface area (Å²) >= 11 is 0. The quantitative estimate of drug-likeness (QED) is 0.586. The molecular formula is C14H16FN3O5S. The Bertz CT molecular complexity index is 852. The number of carbonyl (C=O) groups is 1. The fourth-order valence-corrected chi connectivity index (χ4v) is 2.94. The molecule has 0 saturated carbocycles. The minimum absolute atomic E-state index is 0.0523. The Morgan fingerprint density at radius 2 is 2.21 bits per heavy atom. The van der Waals surface area contributed by atoms with Crippen molar-refractivity contribution in [3.63, 3.8) is 0 Å². The summed E-state index contributed by atoms with van der Waals surface area (Å²) in [7, 11) is -3.80. The number of nitrogens with one attached hydrogen (secondary N) is 1. The molecule has 10 heteroatoms. The molecule has 0 aliphatic carbocycles. The van der Waals surface area contributed by atoms with E-state index in [9.17, 15) is 17.6 Å². The van der Waals surface area contributed by atoms with E-state index in [-0.39, 0.29) is 29.9 Å². The number of sulfone groups is 1. The summed E-state index contributed by atoms with van der Waals surface area (Å²) in [6.45, 7) is 1.20. The van der Waals surface area contributed by atoms with E-state index in [2.05, 4.69) is 10.1 Å². The molecule has 2 aromatic heterocycles. The van der Waals surface area contributed by atoms with Crippen LogP contribution in [0.1, 0.15) is 19.1 Å². The van der Waals surface area contributed by atoms with Crippen LogP contribution in [0.5, 0.6) is 0 Å². The third-order valence-electron chi connectivity index (χ3n) is 3.86. The van der Waals surface area contributed by atoms with E-state index in [1.54, 1.807) is 0 Å². The van der Waals surface area contributed by atoms with Crippen molar-refractivity contribution in [2.45, 2.75) is 24.5 Å². The Morgan fingerprint density at radius 1 is 1.50 bits per heavy atom. The highest BCUT2D eigenvalue weighted by atomic mass is 32.2. The van der Waals surface area contributed by atoms with Crippen LogP contribution in [0.15, 0.2) is 29.0 Å². The number of hydrogen-bond donors (Lipinski definition) is 2. The molecule has 0 radical (unpaired) electrons. The van der Waals surface area contributed by atoms with Gasteiger partial charge in [-0.3, -0.25) is 15.0 Å². The lowest BCUT2D eigenvalue weighted by Gasteiger charge is -2.24. The van der Waals surface area contributed by atoms with Gasteiger partial charge in [-0.1, -0.05) is 5.16 Å². The number of aryl methyl sites for hydroxylation is 1. The average Bonchev–Trinajstić information content (AvgIpc) is 2.99. The molecule has 1 atom stereocenters. The Kier molecular flexibility index (Phi) is 4.99. The molecule has 0 saturated heterocycles. The van der Waals surface area contributed by atoms with E-state index >= 15 is 0 Å². The number of hydrogen-bond acceptors (Lipinski definition) is 7. The Hall–Kier alpha value is -2.33. The van der Waals surface area contributed by atoms with Crippen LogP contribution in [-0.2, 0) is 21.1 Å². The molecular weight excluding hydrogens is 341 g/mol. The molecule has 24 heavy (non-hydrogen) atoms. The maximum Gasteiger partial charge on any atom is 0.264 e. The van der Waals surface area contributed by atoms with Crippen LogP contribution in [0.3, 0.4) is 0 Å². The summed E-state index contributed by atoms with van der Waals surface area (Å²) < 4.78 is 40.6. The van der Waals surface area contributed by atoms with Gasteiger partial charge in [0.15, 0.2) is 15.7 Å². The number of rotatable bonds is 6. The zero-order valence-electron chi connectivity index (χ0n) is 13.0. The summed E-state index contributed by atoms with van der Waals surface area (Å²) in [4.78, 5) is 15.4. The predicted molar refractivity (Wildman–Crippen MR) is 81.2 cm³/mol. The van der Waals surface area contributed by atoms with Gasteiger partial charge in [0.1, 0.15) is 16.2 Å². The van der Waals surface area contributed by atoms with E-state index in [4.69, 9.17) is 9.73 Å². The summed E-state index contributed by atoms with van der Waals surface area (Å²) in [6, 6.07) is 2.88. The van der Waals surface area contributed by atoms with Crippen LogP contribution in [0.4, 0.5) is 4.39 Å². The van der Waals surface area contributed by atoms with Crippen molar-refractivity contribution in [3.05, 3.63) is 36.1 Å². The Morgan fingerprint density at radius 3 is 2.79 bits per heavy atom. The van der Waals surface area contributed by atoms with Gasteiger partial charge in [-0.2, -0.15) is 0 Å². The van der Waals surface area contributed by atoms with E-state index in [1.807, 2.05) is 0 Å². The molecule has 130 valence electrons. The van der Waals surface area contributed by atoms with Crippen molar-refractivity contribution < 1.29 is 27.3 Å². The lowest BCUT2D eigenvalue weighted by atomic mass is 10.0. The van der Waals surface area contributed by atoms with Crippen LogP contribution in [0, 0.1) is 5.82 Å². The second-order valence-electron chi connectivity index (χ2n) is 5.48. The zero-order chi connectivity index (χ0) is 18.0. The lowest BCUT2D eigenvalue weighted by Crippen LogP contribution is -2.49. The second kappa shape index (κ2) is 6.65. The second-order valence-corrected chi connectivity index (χ2v) is 7.92. The molecule has 8 nitrogen and oxygen atoms in total. The van der Waals surface area contributed by atoms with Crippen LogP contribution >= 0.6 is 0 Å². The monoisotopic (exact) mass is 357 g/mol. The van der Waals surface area contributed by atoms with Gasteiger partial charge in [0.2, 0.25) is 0 Å². The molecule has 0 fully saturated rings. The molecule has 0 aliphatic rings. The minimum atomic E-state index is -3.80. The maximum absolute atomic E-state index is 13.7. The van der Waals surface area contributed by atoms with Gasteiger partial charge in [-0.25, -0.2) is 18.3 Å². The first-order valence-corrected chi connectivity index (χ1v) is 8.78. The van der Waals surface area contributed by atoms with Crippen molar-refractivity contribution in [3.8, 4) is 11.3 Å². The molecule has 0 spiro atoms. The van der Waals surface area contributed by atoms with Crippen molar-refractivity contribution in [1.29, 1.82) is 0 Å². The molecule has 0 aromatic carbocycles. The number of pyridine rings is 1. The van der Waals surface area contributed by atoms with Crippen LogP contribution in [-0.4, -0.2) is 40.7 Å². The first-order chi connectivity index (χ1) is 11.2. The number of nitrogens with zero attached hydrogens (tertiary/aromatic N) is 2. The molecule has 2 N–H and O–H groups in total. The zero-order valence-corrected chi connectivity index (χ0v) is 13.8. The van der Waals surface area contributed by atoms with Gasteiger partial charge in [-0.15, -0.1) is 0 Å². The van der Waals surface area contributed by atoms with Gasteiger partial charge >= 0.3 is 0 Å². The Labute approximate surface area is 137 Å². The fourth-order valence-electron chi connectivity index (χ4n) is 2.09. The number of hydroxylamine groups is 1. The predicted octanol–water partition coefficient (Wildman–Crippen LogP) is 1.12. The van der Waals surface area contributed by atoms with E-state index in [0.717, 1.165) is 12.5 Å². The number of carbonyl (C=O) groups excluding carboxylic acids is 1. The summed E-state index contributed by atoms with van der Waals surface area (Å²) in [5.41, 5.74) is 1.79. The van der Waals surface area contributed by atoms with E-state index < -0.39 is 26.3 Å². The Balaban J connectivity index is 2.21. The van der Waals surface area contributed by atoms with Gasteiger partial charge < -0.3 is 4.52 Å². The van der Waals surface area contributed by atoms with Gasteiger partial charge in [0, 0.05) is 30.5 Å². The van der Waals surface area contributed by atoms with Gasteiger partial charge in [0.25, 0.3) is 5.91 Å². The van der Waals surface area contributed by atoms with Crippen molar-refractivity contribution in [1.82, 2.24) is 15.6 Å². The van der Waals surface area contributed by atoms with Crippen molar-refractivity contribution in [2.75, 3.05) is 6.26 Å². The SMILES string of the molecule is CC(CCc1cc(-c2ccncc2F)no1)(C(=O)NO)S(C)(=O)=O. The van der Waals surface area contributed by atoms with E-state index in [0.29, 0.717) is 0 Å². The molecule has 2 heterocycles. The standard InChI is InChI=1S/C14H16FN3O5S/c1-14(13(19)17-20,24(2,21)22)5-3-9-7-12(18-23-9)10-4-6-16-8-11(10)15/h4,6-8,20H,3,5H2,1-2H3,(H,17,19). The van der Waals surface area contributed by atoms with Crippen molar-refractivity contribution in [2.24, 2.45) is 0 Å². The third kappa shape index (κ3) is 3.44. The highest BCUT2D eigenvalue weighted by Gasteiger charge is 2.43. The summed E-state index contributed by atoms with van der Waals surface area (Å²) in [6.07, 6.45) is 3.25. The maximum atomic E-state index is 13.7. The van der Waals surface area contributed by atoms with E-state index in [1.165, 1.54) is 30.7 Å². The number of halogens is 1. The van der Waals surface area contributed by atoms with Crippen LogP contribution < -0.4 is 5.48 Å². The normalized spacial score (nSPS) is 14.2. The summed E-state index contributed by atoms with van der Waals surface area (Å²) in [5.74, 6) is -1.33. The largest absolute Gasteiger partial charge is 0.361 e. The first-order valence-electron chi connectivity index (χ1n) is 6.88. The minimum Gasteiger partial charge on any atom is -0.361 e. The molecule has 2 aromatic rings. The molecule has 1 amide bonds. The molecule has 1 unspecified atom stereocenters. The number of aromatic nitrogens is 2. The van der Waals surface area contributed by atoms with Gasteiger partial charge in [0.05, 0.1) is 6.20 Å². The molecule has 0 aliphatic heterocycles. The summed E-state index contributed by atoms with van der Waals surface area (Å²) in [5, 5.41) is 12.5. The van der Waals surface area contributed by atoms with Crippen molar-refractivity contribution >= 4 is 15.7 Å². The van der Waals surface area contributed by atoms with Gasteiger partial charge in [-0.05, 0) is 19.4 Å². The van der Waals surface area contributed by atoms with Crippen LogP contribution in [0.2, 0.25) is 0 Å². The smallest absolute Gasteiger partial charge is 0.264 e. The lowest BCUT2D eigenvalue weighted by molar-refractivity contribution is -0.131. The highest BCUT2D eigenvalue weighted by Crippen LogP contribution is 2.26.